The Morgan fingerprint density at radius 1 is 0.778 bits per heavy atom. The molecule has 0 amide bonds. The quantitative estimate of drug-likeness (QED) is 0.621. The summed E-state index contributed by atoms with van der Waals surface area (Å²) in [6.07, 6.45) is 0. The second kappa shape index (κ2) is 3.92. The van der Waals surface area contributed by atoms with Crippen LogP contribution in [-0.2, 0) is 0 Å². The molecule has 0 unspecified atom stereocenters. The van der Waals surface area contributed by atoms with E-state index in [-0.39, 0.29) is 11.6 Å². The topological polar surface area (TPSA) is 43.4 Å². The summed E-state index contributed by atoms with van der Waals surface area (Å²) in [6, 6.07) is 11.8. The molecule has 3 nitrogen and oxygen atoms in total. The number of fused-ring (bicyclic) bond motifs is 2. The Labute approximate surface area is 107 Å². The molecular weight excluding hydrogens is 244 g/mol. The van der Waals surface area contributed by atoms with Crippen molar-refractivity contribution >= 4 is 22.1 Å². The third kappa shape index (κ3) is 1.36. The van der Waals surface area contributed by atoms with Crippen LogP contribution in [0, 0.1) is 0 Å². The van der Waals surface area contributed by atoms with Gasteiger partial charge < -0.3 is 4.43 Å². The highest BCUT2D eigenvalue weighted by Crippen LogP contribution is 2.32. The van der Waals surface area contributed by atoms with Gasteiger partial charge in [0.15, 0.2) is 11.6 Å². The SMILES string of the molecule is O=C1c2ccccc2C(=O)c2c(O[Si])cccc21. The smallest absolute Gasteiger partial charge is 0.341 e. The van der Waals surface area contributed by atoms with Crippen molar-refractivity contribution in [1.82, 2.24) is 0 Å². The third-order valence-electron chi connectivity index (χ3n) is 3.02. The summed E-state index contributed by atoms with van der Waals surface area (Å²) in [5.41, 5.74) is 1.57. The van der Waals surface area contributed by atoms with E-state index in [1.165, 1.54) is 0 Å². The highest BCUT2D eigenvalue weighted by molar-refractivity contribution is 6.29. The molecule has 3 rings (SSSR count). The van der Waals surface area contributed by atoms with Gasteiger partial charge in [0, 0.05) is 16.7 Å². The standard InChI is InChI=1S/C14H7O3Si/c15-13-8-4-1-2-5-9(8)14(16)12-10(13)6-3-7-11(12)17-18/h1-7H. The maximum atomic E-state index is 12.4. The van der Waals surface area contributed by atoms with Crippen LogP contribution in [0.1, 0.15) is 31.8 Å². The fourth-order valence-corrected chi connectivity index (χ4v) is 2.37. The largest absolute Gasteiger partial charge is 0.540 e. The fourth-order valence-electron chi connectivity index (χ4n) is 2.20. The van der Waals surface area contributed by atoms with Gasteiger partial charge in [0.25, 0.3) is 0 Å². The Kier molecular flexibility index (Phi) is 2.38. The van der Waals surface area contributed by atoms with Crippen molar-refractivity contribution in [2.24, 2.45) is 0 Å². The van der Waals surface area contributed by atoms with Gasteiger partial charge in [-0.1, -0.05) is 36.4 Å². The molecule has 0 saturated carbocycles. The average Bonchev–Trinajstić information content (AvgIpc) is 2.44. The summed E-state index contributed by atoms with van der Waals surface area (Å²) in [6.45, 7) is 0. The molecule has 0 atom stereocenters. The molecule has 1 aliphatic rings. The number of rotatable bonds is 1. The van der Waals surface area contributed by atoms with Crippen LogP contribution in [0.3, 0.4) is 0 Å². The minimum absolute atomic E-state index is 0.147. The first kappa shape index (κ1) is 10.9. The van der Waals surface area contributed by atoms with Crippen molar-refractivity contribution in [2.45, 2.75) is 0 Å². The number of hydrogen-bond donors (Lipinski definition) is 0. The van der Waals surface area contributed by atoms with Gasteiger partial charge in [-0.3, -0.25) is 9.59 Å². The zero-order valence-electron chi connectivity index (χ0n) is 9.27. The van der Waals surface area contributed by atoms with Crippen LogP contribution >= 0.6 is 0 Å². The summed E-state index contributed by atoms with van der Waals surface area (Å²) in [5, 5.41) is 0. The van der Waals surface area contributed by atoms with Gasteiger partial charge in [0.2, 0.25) is 0 Å². The maximum absolute atomic E-state index is 12.4. The molecule has 85 valence electrons. The lowest BCUT2D eigenvalue weighted by molar-refractivity contribution is 0.0977. The summed E-state index contributed by atoms with van der Waals surface area (Å²) in [7, 11) is 2.91. The van der Waals surface area contributed by atoms with Crippen molar-refractivity contribution in [1.29, 1.82) is 0 Å². The number of ketones is 2. The minimum atomic E-state index is -0.186. The Balaban J connectivity index is 2.34. The van der Waals surface area contributed by atoms with E-state index in [1.807, 2.05) is 0 Å². The van der Waals surface area contributed by atoms with Crippen LogP contribution < -0.4 is 4.43 Å². The third-order valence-corrected chi connectivity index (χ3v) is 3.24. The second-order valence-corrected chi connectivity index (χ2v) is 4.19. The van der Waals surface area contributed by atoms with Crippen LogP contribution in [0.5, 0.6) is 5.75 Å². The Hall–Kier alpha value is -2.20. The second-order valence-electron chi connectivity index (χ2n) is 3.98. The van der Waals surface area contributed by atoms with E-state index in [9.17, 15) is 9.59 Å². The number of benzene rings is 2. The molecular formula is C14H7O3Si. The van der Waals surface area contributed by atoms with E-state index in [0.717, 1.165) is 0 Å². The minimum Gasteiger partial charge on any atom is -0.540 e. The number of carbonyl (C=O) groups excluding carboxylic acids is 2. The molecule has 1 aliphatic carbocycles. The lowest BCUT2D eigenvalue weighted by Crippen LogP contribution is -2.21. The fraction of sp³-hybridized carbons (Fsp3) is 0. The molecule has 0 aliphatic heterocycles. The number of carbonyl (C=O) groups is 2. The van der Waals surface area contributed by atoms with Crippen LogP contribution in [0.25, 0.3) is 0 Å². The van der Waals surface area contributed by atoms with Crippen molar-refractivity contribution in [3.8, 4) is 5.75 Å². The Morgan fingerprint density at radius 3 is 2.06 bits per heavy atom. The zero-order valence-corrected chi connectivity index (χ0v) is 10.3. The van der Waals surface area contributed by atoms with Gasteiger partial charge in [-0.15, -0.1) is 0 Å². The summed E-state index contributed by atoms with van der Waals surface area (Å²) in [4.78, 5) is 24.7. The Bertz CT molecular complexity index is 676. The maximum Gasteiger partial charge on any atom is 0.341 e. The van der Waals surface area contributed by atoms with E-state index in [2.05, 4.69) is 10.5 Å². The van der Waals surface area contributed by atoms with Gasteiger partial charge in [-0.25, -0.2) is 0 Å². The highest BCUT2D eigenvalue weighted by Gasteiger charge is 2.31. The first-order valence-electron chi connectivity index (χ1n) is 5.39. The van der Waals surface area contributed by atoms with E-state index in [1.54, 1.807) is 42.5 Å². The van der Waals surface area contributed by atoms with Gasteiger partial charge in [0.05, 0.1) is 5.56 Å². The van der Waals surface area contributed by atoms with Gasteiger partial charge in [0.1, 0.15) is 5.75 Å². The molecule has 0 spiro atoms. The van der Waals surface area contributed by atoms with Crippen LogP contribution in [0.4, 0.5) is 0 Å². The first-order valence-corrected chi connectivity index (χ1v) is 5.80. The summed E-state index contributed by atoms with van der Waals surface area (Å²) in [5.74, 6) is 0.0248. The first-order chi connectivity index (χ1) is 8.74. The highest BCUT2D eigenvalue weighted by atomic mass is 28.2. The zero-order chi connectivity index (χ0) is 12.7. The molecule has 0 bridgehead atoms. The van der Waals surface area contributed by atoms with E-state index >= 15 is 0 Å². The van der Waals surface area contributed by atoms with Crippen LogP contribution in [0.15, 0.2) is 42.5 Å². The van der Waals surface area contributed by atoms with Crippen molar-refractivity contribution in [2.75, 3.05) is 0 Å². The average molecular weight is 251 g/mol. The van der Waals surface area contributed by atoms with Gasteiger partial charge in [-0.2, -0.15) is 0 Å². The molecule has 0 saturated heterocycles. The van der Waals surface area contributed by atoms with E-state index in [4.69, 9.17) is 4.43 Å². The van der Waals surface area contributed by atoms with Crippen molar-refractivity contribution < 1.29 is 14.0 Å². The summed E-state index contributed by atoms with van der Waals surface area (Å²) < 4.78 is 4.98. The molecule has 2 aromatic carbocycles. The molecule has 0 N–H and O–H groups in total. The van der Waals surface area contributed by atoms with E-state index in [0.29, 0.717) is 28.0 Å². The van der Waals surface area contributed by atoms with Crippen molar-refractivity contribution in [3.63, 3.8) is 0 Å². The lowest BCUT2D eigenvalue weighted by Gasteiger charge is -2.19. The molecule has 0 aromatic heterocycles. The predicted molar refractivity (Wildman–Crippen MR) is 66.1 cm³/mol. The predicted octanol–water partition coefficient (Wildman–Crippen LogP) is 1.92. The molecule has 0 heterocycles. The monoisotopic (exact) mass is 251 g/mol. The molecule has 0 fully saturated rings. The normalized spacial score (nSPS) is 12.9. The van der Waals surface area contributed by atoms with E-state index < -0.39 is 0 Å². The summed E-state index contributed by atoms with van der Waals surface area (Å²) >= 11 is 0. The lowest BCUT2D eigenvalue weighted by atomic mass is 9.84. The van der Waals surface area contributed by atoms with Crippen LogP contribution in [-0.4, -0.2) is 22.1 Å². The molecule has 18 heavy (non-hydrogen) atoms. The van der Waals surface area contributed by atoms with Crippen LogP contribution in [0.2, 0.25) is 0 Å². The van der Waals surface area contributed by atoms with Gasteiger partial charge in [-0.05, 0) is 6.07 Å². The Morgan fingerprint density at radius 2 is 1.39 bits per heavy atom. The molecule has 4 heteroatoms. The van der Waals surface area contributed by atoms with Gasteiger partial charge >= 0.3 is 10.5 Å². The molecule has 3 radical (unpaired) electrons. The molecule has 2 aromatic rings. The van der Waals surface area contributed by atoms with Crippen molar-refractivity contribution in [3.05, 3.63) is 64.7 Å². The number of hydrogen-bond acceptors (Lipinski definition) is 3.